The summed E-state index contributed by atoms with van der Waals surface area (Å²) < 4.78 is 4.93. The van der Waals surface area contributed by atoms with Crippen molar-refractivity contribution in [3.05, 3.63) is 34.9 Å². The van der Waals surface area contributed by atoms with E-state index in [9.17, 15) is 19.2 Å². The number of carbonyl (C=O) groups excluding carboxylic acids is 4. The van der Waals surface area contributed by atoms with E-state index in [-0.39, 0.29) is 18.4 Å². The molecule has 8 nitrogen and oxygen atoms in total. The Hall–Kier alpha value is -2.61. The van der Waals surface area contributed by atoms with Crippen LogP contribution in [0.5, 0.6) is 0 Å². The molecule has 1 aliphatic carbocycles. The Balaban J connectivity index is 1.46. The van der Waals surface area contributed by atoms with Gasteiger partial charge in [-0.3, -0.25) is 19.3 Å². The number of benzene rings is 1. The normalized spacial score (nSPS) is 23.8. The zero-order chi connectivity index (χ0) is 21.0. The fourth-order valence-corrected chi connectivity index (χ4v) is 3.94. The van der Waals surface area contributed by atoms with Gasteiger partial charge in [-0.05, 0) is 36.5 Å². The Morgan fingerprint density at radius 1 is 1.28 bits per heavy atom. The van der Waals surface area contributed by atoms with E-state index >= 15 is 0 Å². The quantitative estimate of drug-likeness (QED) is 0.540. The summed E-state index contributed by atoms with van der Waals surface area (Å²) in [5.74, 6) is -1.68. The molecule has 3 rings (SSSR count). The molecule has 2 fully saturated rings. The summed E-state index contributed by atoms with van der Waals surface area (Å²) in [6.07, 6.45) is 3.27. The average molecular weight is 422 g/mol. The molecule has 4 amide bonds. The third kappa shape index (κ3) is 4.70. The monoisotopic (exact) mass is 421 g/mol. The van der Waals surface area contributed by atoms with Gasteiger partial charge >= 0.3 is 12.0 Å². The van der Waals surface area contributed by atoms with E-state index in [0.717, 1.165) is 29.7 Å². The van der Waals surface area contributed by atoms with Crippen LogP contribution in [0.1, 0.15) is 38.2 Å². The maximum absolute atomic E-state index is 12.8. The molecule has 0 radical (unpaired) electrons. The molecule has 2 atom stereocenters. The van der Waals surface area contributed by atoms with E-state index in [1.807, 2.05) is 6.92 Å². The first-order chi connectivity index (χ1) is 13.8. The molecular weight excluding hydrogens is 398 g/mol. The molecule has 2 N–H and O–H groups in total. The highest BCUT2D eigenvalue weighted by Gasteiger charge is 2.55. The van der Waals surface area contributed by atoms with Gasteiger partial charge in [-0.25, -0.2) is 4.79 Å². The van der Waals surface area contributed by atoms with Crippen molar-refractivity contribution >= 4 is 35.4 Å². The van der Waals surface area contributed by atoms with E-state index in [0.29, 0.717) is 11.4 Å². The Labute approximate surface area is 173 Å². The van der Waals surface area contributed by atoms with E-state index in [1.165, 1.54) is 0 Å². The molecule has 9 heteroatoms. The van der Waals surface area contributed by atoms with E-state index in [2.05, 4.69) is 10.6 Å². The van der Waals surface area contributed by atoms with Crippen LogP contribution in [0.25, 0.3) is 0 Å². The zero-order valence-corrected chi connectivity index (χ0v) is 17.0. The second-order valence-corrected chi connectivity index (χ2v) is 7.94. The number of nitrogens with zero attached hydrogens (tertiary/aromatic N) is 1. The summed E-state index contributed by atoms with van der Waals surface area (Å²) in [4.78, 5) is 49.9. The molecule has 1 aliphatic heterocycles. The molecule has 0 bridgehead atoms. The molecule has 0 aromatic heterocycles. The van der Waals surface area contributed by atoms with Crippen LogP contribution >= 0.6 is 11.6 Å². The molecule has 1 saturated carbocycles. The van der Waals surface area contributed by atoms with Crippen molar-refractivity contribution in [2.24, 2.45) is 5.92 Å². The van der Waals surface area contributed by atoms with Crippen molar-refractivity contribution in [3.63, 3.8) is 0 Å². The topological polar surface area (TPSA) is 105 Å². The molecule has 1 aromatic rings. The van der Waals surface area contributed by atoms with Crippen LogP contribution in [0.3, 0.4) is 0 Å². The van der Waals surface area contributed by atoms with Gasteiger partial charge in [0.1, 0.15) is 12.1 Å². The molecule has 1 saturated heterocycles. The van der Waals surface area contributed by atoms with Crippen molar-refractivity contribution in [2.45, 2.75) is 44.7 Å². The van der Waals surface area contributed by atoms with Gasteiger partial charge in [-0.15, -0.1) is 0 Å². The second-order valence-electron chi connectivity index (χ2n) is 7.50. The van der Waals surface area contributed by atoms with Crippen LogP contribution in [0.15, 0.2) is 24.3 Å². The molecule has 1 spiro atoms. The van der Waals surface area contributed by atoms with Gasteiger partial charge in [0.05, 0.1) is 0 Å². The van der Waals surface area contributed by atoms with E-state index in [4.69, 9.17) is 16.3 Å². The fraction of sp³-hybridized carbons (Fsp3) is 0.500. The van der Waals surface area contributed by atoms with E-state index in [1.54, 1.807) is 24.3 Å². The van der Waals surface area contributed by atoms with Crippen LogP contribution in [0, 0.1) is 5.92 Å². The lowest BCUT2D eigenvalue weighted by molar-refractivity contribution is -0.151. The van der Waals surface area contributed by atoms with Crippen molar-refractivity contribution in [1.29, 1.82) is 0 Å². The summed E-state index contributed by atoms with van der Waals surface area (Å²) in [5, 5.41) is 5.99. The van der Waals surface area contributed by atoms with Gasteiger partial charge in [0.25, 0.3) is 11.8 Å². The molecule has 1 aromatic carbocycles. The Bertz CT molecular complexity index is 813. The first kappa shape index (κ1) is 21.1. The maximum atomic E-state index is 12.8. The van der Waals surface area contributed by atoms with Crippen molar-refractivity contribution in [3.8, 4) is 0 Å². The van der Waals surface area contributed by atoms with Crippen LogP contribution in [-0.2, 0) is 25.7 Å². The van der Waals surface area contributed by atoms with Crippen molar-refractivity contribution in [2.75, 3.05) is 13.2 Å². The van der Waals surface area contributed by atoms with Crippen LogP contribution in [0.4, 0.5) is 4.79 Å². The van der Waals surface area contributed by atoms with Gasteiger partial charge in [-0.2, -0.15) is 0 Å². The summed E-state index contributed by atoms with van der Waals surface area (Å²) in [5.41, 5.74) is -0.0775. The third-order valence-corrected chi connectivity index (χ3v) is 5.81. The molecule has 2 aliphatic rings. The number of imide groups is 1. The minimum atomic E-state index is -0.925. The van der Waals surface area contributed by atoms with Crippen LogP contribution < -0.4 is 10.6 Å². The molecule has 1 heterocycles. The van der Waals surface area contributed by atoms with Gasteiger partial charge < -0.3 is 15.4 Å². The first-order valence-electron chi connectivity index (χ1n) is 9.63. The summed E-state index contributed by atoms with van der Waals surface area (Å²) >= 11 is 5.80. The van der Waals surface area contributed by atoms with Crippen LogP contribution in [0.2, 0.25) is 5.02 Å². The highest BCUT2D eigenvalue weighted by molar-refractivity contribution is 6.30. The van der Waals surface area contributed by atoms with Crippen molar-refractivity contribution < 1.29 is 23.9 Å². The smallest absolute Gasteiger partial charge is 0.326 e. The lowest BCUT2D eigenvalue weighted by Gasteiger charge is -2.36. The molecule has 0 unspecified atom stereocenters. The number of halogens is 1. The lowest BCUT2D eigenvalue weighted by atomic mass is 9.73. The van der Waals surface area contributed by atoms with Crippen molar-refractivity contribution in [1.82, 2.24) is 15.5 Å². The Morgan fingerprint density at radius 2 is 2.00 bits per heavy atom. The largest absolute Gasteiger partial charge is 0.454 e. The highest BCUT2D eigenvalue weighted by Crippen LogP contribution is 2.38. The fourth-order valence-electron chi connectivity index (χ4n) is 3.81. The number of ether oxygens (including phenoxy) is 1. The molecular formula is C20H24ClN3O5. The van der Waals surface area contributed by atoms with Crippen LogP contribution in [-0.4, -0.2) is 47.4 Å². The predicted octanol–water partition coefficient (Wildman–Crippen LogP) is 2.00. The number of rotatable bonds is 6. The minimum absolute atomic E-state index is 0.00682. The molecule has 156 valence electrons. The number of urea groups is 1. The summed E-state index contributed by atoms with van der Waals surface area (Å²) in [7, 11) is 0. The zero-order valence-electron chi connectivity index (χ0n) is 16.2. The van der Waals surface area contributed by atoms with Gasteiger partial charge in [-0.1, -0.05) is 43.5 Å². The highest BCUT2D eigenvalue weighted by atomic mass is 35.5. The Morgan fingerprint density at radius 3 is 2.69 bits per heavy atom. The standard InChI is InChI=1S/C20H24ClN3O5/c1-13-4-2-3-9-20(13)18(27)24(19(28)23-20)11-17(26)29-12-16(25)22-10-14-5-7-15(21)8-6-14/h5-8,13H,2-4,9-12H2,1H3,(H,22,25)(H,23,28)/t13-,20+/m1/s1. The average Bonchev–Trinajstić information content (AvgIpc) is 2.93. The number of amides is 4. The maximum Gasteiger partial charge on any atom is 0.326 e. The van der Waals surface area contributed by atoms with Gasteiger partial charge in [0, 0.05) is 11.6 Å². The van der Waals surface area contributed by atoms with Gasteiger partial charge in [0.2, 0.25) is 0 Å². The number of esters is 1. The van der Waals surface area contributed by atoms with Gasteiger partial charge in [0.15, 0.2) is 6.61 Å². The summed E-state index contributed by atoms with van der Waals surface area (Å²) in [6.45, 7) is 1.20. The number of nitrogens with one attached hydrogen (secondary N) is 2. The number of hydrogen-bond donors (Lipinski definition) is 2. The third-order valence-electron chi connectivity index (χ3n) is 5.56. The first-order valence-corrected chi connectivity index (χ1v) is 10.0. The lowest BCUT2D eigenvalue weighted by Crippen LogP contribution is -2.54. The minimum Gasteiger partial charge on any atom is -0.454 e. The Kier molecular flexibility index (Phi) is 6.42. The predicted molar refractivity (Wildman–Crippen MR) is 105 cm³/mol. The summed E-state index contributed by atoms with van der Waals surface area (Å²) in [6, 6.07) is 6.37. The molecule has 29 heavy (non-hydrogen) atoms. The number of carbonyl (C=O) groups is 4. The SMILES string of the molecule is C[C@@H]1CCCC[C@]12NC(=O)N(CC(=O)OCC(=O)NCc1ccc(Cl)cc1)C2=O. The second kappa shape index (κ2) is 8.82. The number of hydrogen-bond acceptors (Lipinski definition) is 5. The van der Waals surface area contributed by atoms with E-state index < -0.39 is 36.6 Å².